The van der Waals surface area contributed by atoms with E-state index in [1.54, 1.807) is 12.0 Å². The van der Waals surface area contributed by atoms with E-state index in [9.17, 15) is 9.90 Å². The molecule has 0 spiro atoms. The second kappa shape index (κ2) is 6.83. The first kappa shape index (κ1) is 13.4. The van der Waals surface area contributed by atoms with Crippen molar-refractivity contribution in [2.45, 2.75) is 19.4 Å². The second-order valence-electron chi connectivity index (χ2n) is 4.22. The molecule has 1 rings (SSSR count). The Hall–Kier alpha value is -0.650. The maximum absolute atomic E-state index is 11.7. The van der Waals surface area contributed by atoms with Gasteiger partial charge in [0.1, 0.15) is 6.61 Å². The number of piperidine rings is 1. The van der Waals surface area contributed by atoms with Gasteiger partial charge in [-0.25, -0.2) is 0 Å². The molecule has 1 saturated heterocycles. The monoisotopic (exact) mass is 231 g/mol. The maximum atomic E-state index is 11.7. The summed E-state index contributed by atoms with van der Waals surface area (Å²) in [5, 5.41) is 9.65. The number of hydrogen-bond donors (Lipinski definition) is 1. The van der Waals surface area contributed by atoms with Crippen molar-refractivity contribution >= 4 is 5.91 Å². The Balaban J connectivity index is 2.21. The average molecular weight is 231 g/mol. The van der Waals surface area contributed by atoms with Crippen LogP contribution in [0.15, 0.2) is 0 Å². The minimum atomic E-state index is -0.406. The van der Waals surface area contributed by atoms with E-state index in [1.165, 1.54) is 0 Å². The summed E-state index contributed by atoms with van der Waals surface area (Å²) in [5.74, 6) is 0.223. The third kappa shape index (κ3) is 4.08. The number of methoxy groups -OCH3 is 1. The smallest absolute Gasteiger partial charge is 0.248 e. The van der Waals surface area contributed by atoms with Crippen LogP contribution in [0, 0.1) is 5.92 Å². The number of amides is 1. The SMILES string of the molecule is COCCOCC(=O)N1CCC(C)C(O)C1. The van der Waals surface area contributed by atoms with Crippen LogP contribution in [-0.4, -0.2) is 62.0 Å². The van der Waals surface area contributed by atoms with Crippen molar-refractivity contribution in [1.29, 1.82) is 0 Å². The Morgan fingerprint density at radius 3 is 2.88 bits per heavy atom. The molecule has 94 valence electrons. The number of nitrogens with zero attached hydrogens (tertiary/aromatic N) is 1. The van der Waals surface area contributed by atoms with E-state index in [-0.39, 0.29) is 18.4 Å². The van der Waals surface area contributed by atoms with Gasteiger partial charge in [-0.15, -0.1) is 0 Å². The van der Waals surface area contributed by atoms with Crippen LogP contribution in [0.2, 0.25) is 0 Å². The molecule has 1 N–H and O–H groups in total. The minimum Gasteiger partial charge on any atom is -0.391 e. The van der Waals surface area contributed by atoms with Gasteiger partial charge in [-0.05, 0) is 12.3 Å². The van der Waals surface area contributed by atoms with E-state index < -0.39 is 6.10 Å². The predicted molar refractivity (Wildman–Crippen MR) is 59.1 cm³/mol. The van der Waals surface area contributed by atoms with Gasteiger partial charge in [0.15, 0.2) is 0 Å². The molecule has 0 radical (unpaired) electrons. The quantitative estimate of drug-likeness (QED) is 0.670. The fraction of sp³-hybridized carbons (Fsp3) is 0.909. The van der Waals surface area contributed by atoms with E-state index in [4.69, 9.17) is 9.47 Å². The maximum Gasteiger partial charge on any atom is 0.248 e. The molecule has 1 heterocycles. The molecule has 2 atom stereocenters. The molecular weight excluding hydrogens is 210 g/mol. The molecule has 0 aromatic rings. The average Bonchev–Trinajstić information content (AvgIpc) is 2.28. The van der Waals surface area contributed by atoms with Crippen LogP contribution >= 0.6 is 0 Å². The van der Waals surface area contributed by atoms with Crippen molar-refractivity contribution < 1.29 is 19.4 Å². The van der Waals surface area contributed by atoms with Crippen LogP contribution in [0.4, 0.5) is 0 Å². The highest BCUT2D eigenvalue weighted by Gasteiger charge is 2.26. The van der Waals surface area contributed by atoms with Gasteiger partial charge in [0.2, 0.25) is 5.91 Å². The number of β-amino-alcohol motifs (C(OH)–C–C–N with tert-alkyl or cyclic N) is 1. The summed E-state index contributed by atoms with van der Waals surface area (Å²) in [4.78, 5) is 13.3. The zero-order chi connectivity index (χ0) is 12.0. The molecule has 0 aliphatic carbocycles. The topological polar surface area (TPSA) is 59.0 Å². The molecule has 16 heavy (non-hydrogen) atoms. The lowest BCUT2D eigenvalue weighted by Crippen LogP contribution is -2.47. The molecule has 0 bridgehead atoms. The summed E-state index contributed by atoms with van der Waals surface area (Å²) in [7, 11) is 1.59. The van der Waals surface area contributed by atoms with Crippen molar-refractivity contribution in [3.8, 4) is 0 Å². The van der Waals surface area contributed by atoms with Gasteiger partial charge >= 0.3 is 0 Å². The Kier molecular flexibility index (Phi) is 5.73. The van der Waals surface area contributed by atoms with E-state index in [1.807, 2.05) is 6.92 Å². The third-order valence-corrected chi connectivity index (χ3v) is 2.93. The fourth-order valence-electron chi connectivity index (χ4n) is 1.67. The molecule has 2 unspecified atom stereocenters. The molecule has 0 saturated carbocycles. The Labute approximate surface area is 96.3 Å². The first-order valence-corrected chi connectivity index (χ1v) is 5.67. The summed E-state index contributed by atoms with van der Waals surface area (Å²) in [6, 6.07) is 0. The normalized spacial score (nSPS) is 25.8. The van der Waals surface area contributed by atoms with Gasteiger partial charge in [0.05, 0.1) is 19.3 Å². The third-order valence-electron chi connectivity index (χ3n) is 2.93. The van der Waals surface area contributed by atoms with Crippen LogP contribution in [0.3, 0.4) is 0 Å². The molecule has 1 fully saturated rings. The highest BCUT2D eigenvalue weighted by atomic mass is 16.5. The van der Waals surface area contributed by atoms with Gasteiger partial charge in [0.25, 0.3) is 0 Å². The Bertz CT molecular complexity index is 222. The number of aliphatic hydroxyl groups excluding tert-OH is 1. The van der Waals surface area contributed by atoms with E-state index in [2.05, 4.69) is 0 Å². The summed E-state index contributed by atoms with van der Waals surface area (Å²) in [6.45, 7) is 4.13. The lowest BCUT2D eigenvalue weighted by atomic mass is 9.96. The first-order valence-electron chi connectivity index (χ1n) is 5.67. The highest BCUT2D eigenvalue weighted by Crippen LogP contribution is 2.16. The van der Waals surface area contributed by atoms with Crippen LogP contribution < -0.4 is 0 Å². The van der Waals surface area contributed by atoms with Crippen LogP contribution in [0.5, 0.6) is 0 Å². The van der Waals surface area contributed by atoms with Crippen molar-refractivity contribution in [2.75, 3.05) is 40.0 Å². The fourth-order valence-corrected chi connectivity index (χ4v) is 1.67. The molecule has 5 nitrogen and oxygen atoms in total. The molecule has 0 aromatic heterocycles. The number of carbonyl (C=O) groups excluding carboxylic acids is 1. The number of aliphatic hydroxyl groups is 1. The summed E-state index contributed by atoms with van der Waals surface area (Å²) >= 11 is 0. The largest absolute Gasteiger partial charge is 0.391 e. The lowest BCUT2D eigenvalue weighted by Gasteiger charge is -2.34. The zero-order valence-corrected chi connectivity index (χ0v) is 10.0. The van der Waals surface area contributed by atoms with Gasteiger partial charge in [-0.3, -0.25) is 4.79 Å². The molecule has 1 aliphatic heterocycles. The standard InChI is InChI=1S/C11H21NO4/c1-9-3-4-12(7-10(9)13)11(14)8-16-6-5-15-2/h9-10,13H,3-8H2,1-2H3. The van der Waals surface area contributed by atoms with Gasteiger partial charge in [0, 0.05) is 20.2 Å². The highest BCUT2D eigenvalue weighted by molar-refractivity contribution is 5.77. The molecular formula is C11H21NO4. The number of likely N-dealkylation sites (tertiary alicyclic amines) is 1. The molecule has 1 aliphatic rings. The number of hydrogen-bond acceptors (Lipinski definition) is 4. The van der Waals surface area contributed by atoms with Crippen molar-refractivity contribution in [1.82, 2.24) is 4.90 Å². The number of ether oxygens (including phenoxy) is 2. The van der Waals surface area contributed by atoms with Crippen LogP contribution in [0.25, 0.3) is 0 Å². The molecule has 1 amide bonds. The summed E-state index contributed by atoms with van der Waals surface area (Å²) in [5.41, 5.74) is 0. The minimum absolute atomic E-state index is 0.0537. The van der Waals surface area contributed by atoms with Crippen LogP contribution in [0.1, 0.15) is 13.3 Å². The van der Waals surface area contributed by atoms with E-state index >= 15 is 0 Å². The van der Waals surface area contributed by atoms with Gasteiger partial charge < -0.3 is 19.5 Å². The zero-order valence-electron chi connectivity index (χ0n) is 10.0. The molecule has 0 aromatic carbocycles. The predicted octanol–water partition coefficient (Wildman–Crippen LogP) is -0.121. The van der Waals surface area contributed by atoms with Crippen molar-refractivity contribution in [2.24, 2.45) is 5.92 Å². The van der Waals surface area contributed by atoms with Gasteiger partial charge in [-0.1, -0.05) is 6.92 Å². The number of rotatable bonds is 5. The van der Waals surface area contributed by atoms with Crippen LogP contribution in [-0.2, 0) is 14.3 Å². The van der Waals surface area contributed by atoms with E-state index in [0.29, 0.717) is 26.3 Å². The summed E-state index contributed by atoms with van der Waals surface area (Å²) < 4.78 is 9.96. The van der Waals surface area contributed by atoms with Gasteiger partial charge in [-0.2, -0.15) is 0 Å². The Morgan fingerprint density at radius 2 is 2.25 bits per heavy atom. The molecule has 5 heteroatoms. The summed E-state index contributed by atoms with van der Waals surface area (Å²) in [6.07, 6.45) is 0.446. The number of carbonyl (C=O) groups is 1. The second-order valence-corrected chi connectivity index (χ2v) is 4.22. The Morgan fingerprint density at radius 1 is 1.50 bits per heavy atom. The van der Waals surface area contributed by atoms with E-state index in [0.717, 1.165) is 6.42 Å². The van der Waals surface area contributed by atoms with Crippen molar-refractivity contribution in [3.63, 3.8) is 0 Å². The van der Waals surface area contributed by atoms with Crippen molar-refractivity contribution in [3.05, 3.63) is 0 Å². The lowest BCUT2D eigenvalue weighted by molar-refractivity contribution is -0.140. The first-order chi connectivity index (χ1) is 7.65.